The lowest BCUT2D eigenvalue weighted by atomic mass is 10.2. The topological polar surface area (TPSA) is 116 Å². The maximum atomic E-state index is 12.8. The largest absolute Gasteiger partial charge is 0.385 e. The number of methoxy groups -OCH3 is 1. The second-order valence-electron chi connectivity index (χ2n) is 7.29. The van der Waals surface area contributed by atoms with Crippen LogP contribution in [0.1, 0.15) is 23.7 Å². The molecule has 11 heteroatoms. The van der Waals surface area contributed by atoms with Gasteiger partial charge in [0.25, 0.3) is 5.91 Å². The van der Waals surface area contributed by atoms with E-state index in [4.69, 9.17) is 4.74 Å². The van der Waals surface area contributed by atoms with Gasteiger partial charge in [-0.25, -0.2) is 8.42 Å². The standard InChI is InChI=1S/C20H30N4O6S/c1-16(25)23-10-12-24(13-11-23)31(28,29)18-7-5-17(6-8-18)20(27)22(2)15-19(26)21-9-4-14-30-3/h5-8H,4,9-15H2,1-3H3,(H,21,26). The fraction of sp³-hybridized carbons (Fsp3) is 0.550. The molecule has 0 bridgehead atoms. The molecule has 1 aromatic carbocycles. The molecule has 10 nitrogen and oxygen atoms in total. The van der Waals surface area contributed by atoms with Gasteiger partial charge in [0.2, 0.25) is 21.8 Å². The van der Waals surface area contributed by atoms with Gasteiger partial charge in [-0.15, -0.1) is 0 Å². The van der Waals surface area contributed by atoms with Crippen molar-refractivity contribution in [3.05, 3.63) is 29.8 Å². The molecule has 3 amide bonds. The molecule has 0 saturated carbocycles. The summed E-state index contributed by atoms with van der Waals surface area (Å²) in [5.41, 5.74) is 0.287. The summed E-state index contributed by atoms with van der Waals surface area (Å²) in [5.74, 6) is -0.741. The Balaban J connectivity index is 1.95. The third kappa shape index (κ3) is 6.74. The average molecular weight is 455 g/mol. The summed E-state index contributed by atoms with van der Waals surface area (Å²) in [6.07, 6.45) is 0.680. The Morgan fingerprint density at radius 1 is 1.10 bits per heavy atom. The molecule has 1 aliphatic rings. The van der Waals surface area contributed by atoms with Crippen LogP contribution in [-0.4, -0.2) is 100 Å². The first-order valence-electron chi connectivity index (χ1n) is 10.0. The Labute approximate surface area is 183 Å². The van der Waals surface area contributed by atoms with Crippen LogP contribution in [0, 0.1) is 0 Å². The number of hydrogen-bond acceptors (Lipinski definition) is 6. The SMILES string of the molecule is COCCCNC(=O)CN(C)C(=O)c1ccc(S(=O)(=O)N2CCN(C(C)=O)CC2)cc1. The Kier molecular flexibility index (Phi) is 8.96. The molecule has 0 aliphatic carbocycles. The van der Waals surface area contributed by atoms with Crippen molar-refractivity contribution in [2.45, 2.75) is 18.2 Å². The molecule has 1 aliphatic heterocycles. The van der Waals surface area contributed by atoms with Crippen molar-refractivity contribution in [2.24, 2.45) is 0 Å². The van der Waals surface area contributed by atoms with E-state index < -0.39 is 10.0 Å². The van der Waals surface area contributed by atoms with Gasteiger partial charge in [0.05, 0.1) is 11.4 Å². The summed E-state index contributed by atoms with van der Waals surface area (Å²) in [6.45, 7) is 3.51. The maximum absolute atomic E-state index is 12.8. The summed E-state index contributed by atoms with van der Waals surface area (Å²) < 4.78 is 31.9. The van der Waals surface area contributed by atoms with Gasteiger partial charge in [-0.1, -0.05) is 0 Å². The molecule has 1 fully saturated rings. The smallest absolute Gasteiger partial charge is 0.254 e. The number of ether oxygens (including phenoxy) is 1. The average Bonchev–Trinajstić information content (AvgIpc) is 2.76. The van der Waals surface area contributed by atoms with Gasteiger partial charge in [0, 0.05) is 66.0 Å². The zero-order valence-electron chi connectivity index (χ0n) is 18.2. The van der Waals surface area contributed by atoms with Crippen LogP contribution in [-0.2, 0) is 24.3 Å². The summed E-state index contributed by atoms with van der Waals surface area (Å²) in [4.78, 5) is 38.9. The number of nitrogens with zero attached hydrogens (tertiary/aromatic N) is 3. The molecule has 2 rings (SSSR count). The van der Waals surface area contributed by atoms with Gasteiger partial charge in [0.1, 0.15) is 0 Å². The van der Waals surface area contributed by atoms with Gasteiger partial charge in [-0.05, 0) is 30.7 Å². The van der Waals surface area contributed by atoms with Gasteiger partial charge in [-0.3, -0.25) is 14.4 Å². The first-order chi connectivity index (χ1) is 14.7. The number of likely N-dealkylation sites (N-methyl/N-ethyl adjacent to an activating group) is 1. The van der Waals surface area contributed by atoms with Crippen molar-refractivity contribution >= 4 is 27.7 Å². The van der Waals surface area contributed by atoms with Gasteiger partial charge in [-0.2, -0.15) is 4.31 Å². The number of piperazine rings is 1. The van der Waals surface area contributed by atoms with Gasteiger partial charge in [0.15, 0.2) is 0 Å². The van der Waals surface area contributed by atoms with Crippen molar-refractivity contribution in [3.8, 4) is 0 Å². The lowest BCUT2D eigenvalue weighted by Gasteiger charge is -2.33. The molecule has 1 N–H and O–H groups in total. The fourth-order valence-corrected chi connectivity index (χ4v) is 4.59. The van der Waals surface area contributed by atoms with Gasteiger partial charge >= 0.3 is 0 Å². The lowest BCUT2D eigenvalue weighted by molar-refractivity contribution is -0.130. The number of hydrogen-bond donors (Lipinski definition) is 1. The highest BCUT2D eigenvalue weighted by Gasteiger charge is 2.29. The van der Waals surface area contributed by atoms with E-state index in [1.807, 2.05) is 0 Å². The highest BCUT2D eigenvalue weighted by molar-refractivity contribution is 7.89. The Hall–Kier alpha value is -2.50. The van der Waals surface area contributed by atoms with Crippen LogP contribution in [0.3, 0.4) is 0 Å². The van der Waals surface area contributed by atoms with E-state index in [2.05, 4.69) is 5.32 Å². The number of carbonyl (C=O) groups is 3. The van der Waals surface area contributed by atoms with Crippen molar-refractivity contribution in [2.75, 3.05) is 60.0 Å². The lowest BCUT2D eigenvalue weighted by Crippen LogP contribution is -2.49. The highest BCUT2D eigenvalue weighted by Crippen LogP contribution is 2.19. The number of rotatable bonds is 9. The zero-order valence-corrected chi connectivity index (χ0v) is 19.0. The third-order valence-electron chi connectivity index (χ3n) is 5.00. The van der Waals surface area contributed by atoms with Crippen LogP contribution < -0.4 is 5.32 Å². The Morgan fingerprint density at radius 3 is 2.26 bits per heavy atom. The van der Waals surface area contributed by atoms with Crippen molar-refractivity contribution in [3.63, 3.8) is 0 Å². The summed E-state index contributed by atoms with van der Waals surface area (Å²) >= 11 is 0. The third-order valence-corrected chi connectivity index (χ3v) is 6.91. The molecule has 1 saturated heterocycles. The molecule has 0 spiro atoms. The minimum atomic E-state index is -3.71. The quantitative estimate of drug-likeness (QED) is 0.515. The van der Waals surface area contributed by atoms with Crippen LogP contribution >= 0.6 is 0 Å². The van der Waals surface area contributed by atoms with Crippen LogP contribution in [0.4, 0.5) is 0 Å². The number of amides is 3. The first-order valence-corrected chi connectivity index (χ1v) is 11.5. The molecule has 0 atom stereocenters. The molecule has 31 heavy (non-hydrogen) atoms. The van der Waals surface area contributed by atoms with Crippen LogP contribution in [0.15, 0.2) is 29.2 Å². The van der Waals surface area contributed by atoms with E-state index in [9.17, 15) is 22.8 Å². The number of carbonyl (C=O) groups excluding carboxylic acids is 3. The molecule has 0 unspecified atom stereocenters. The van der Waals surface area contributed by atoms with E-state index >= 15 is 0 Å². The van der Waals surface area contributed by atoms with E-state index in [0.717, 1.165) is 0 Å². The summed E-state index contributed by atoms with van der Waals surface area (Å²) in [6, 6.07) is 5.65. The minimum absolute atomic E-state index is 0.0762. The molecule has 0 aromatic heterocycles. The van der Waals surface area contributed by atoms with Crippen LogP contribution in [0.25, 0.3) is 0 Å². The van der Waals surface area contributed by atoms with E-state index in [-0.39, 0.29) is 47.8 Å². The first kappa shape index (κ1) is 24.8. The molecular formula is C20H30N4O6S. The normalized spacial score (nSPS) is 14.9. The minimum Gasteiger partial charge on any atom is -0.385 e. The molecular weight excluding hydrogens is 424 g/mol. The number of nitrogens with one attached hydrogen (secondary N) is 1. The van der Waals surface area contributed by atoms with E-state index in [1.165, 1.54) is 47.4 Å². The zero-order chi connectivity index (χ0) is 23.0. The van der Waals surface area contributed by atoms with Crippen LogP contribution in [0.5, 0.6) is 0 Å². The molecule has 1 heterocycles. The van der Waals surface area contributed by atoms with Crippen LogP contribution in [0.2, 0.25) is 0 Å². The predicted octanol–water partition coefficient (Wildman–Crippen LogP) is -0.236. The monoisotopic (exact) mass is 454 g/mol. The second kappa shape index (κ2) is 11.2. The number of benzene rings is 1. The van der Waals surface area contributed by atoms with Gasteiger partial charge < -0.3 is 19.9 Å². The second-order valence-corrected chi connectivity index (χ2v) is 9.23. The highest BCUT2D eigenvalue weighted by atomic mass is 32.2. The van der Waals surface area contributed by atoms with E-state index in [1.54, 1.807) is 12.0 Å². The molecule has 1 aromatic rings. The fourth-order valence-electron chi connectivity index (χ4n) is 3.17. The molecule has 0 radical (unpaired) electrons. The predicted molar refractivity (Wildman–Crippen MR) is 114 cm³/mol. The Bertz CT molecular complexity index is 879. The molecule has 172 valence electrons. The Morgan fingerprint density at radius 2 is 1.71 bits per heavy atom. The van der Waals surface area contributed by atoms with E-state index in [0.29, 0.717) is 32.7 Å². The summed E-state index contributed by atoms with van der Waals surface area (Å²) in [5, 5.41) is 2.71. The summed E-state index contributed by atoms with van der Waals surface area (Å²) in [7, 11) is -0.619. The maximum Gasteiger partial charge on any atom is 0.254 e. The van der Waals surface area contributed by atoms with Crippen molar-refractivity contribution in [1.82, 2.24) is 19.4 Å². The van der Waals surface area contributed by atoms with Crippen molar-refractivity contribution in [1.29, 1.82) is 0 Å². The van der Waals surface area contributed by atoms with Crippen molar-refractivity contribution < 1.29 is 27.5 Å². The number of sulfonamides is 1.